The number of piperidine rings is 1. The molecule has 1 fully saturated rings. The second-order valence-corrected chi connectivity index (χ2v) is 11.0. The summed E-state index contributed by atoms with van der Waals surface area (Å²) >= 11 is 0. The number of amides is 1. The number of carbonyl (C=O) groups excluding carboxylic acids is 2. The molecule has 4 aliphatic rings. The number of aliphatic hydroxyl groups excluding tert-OH is 1. The summed E-state index contributed by atoms with van der Waals surface area (Å²) in [6.45, 7) is 0.652. The summed E-state index contributed by atoms with van der Waals surface area (Å²) in [5.74, 6) is -3.05. The minimum Gasteiger partial charge on any atom is -0.504 e. The molecular formula is C29H30N2O9. The van der Waals surface area contributed by atoms with Gasteiger partial charge in [0, 0.05) is 18.0 Å². The van der Waals surface area contributed by atoms with E-state index in [1.807, 2.05) is 13.1 Å². The van der Waals surface area contributed by atoms with Crippen molar-refractivity contribution in [3.8, 4) is 11.5 Å². The minimum absolute atomic E-state index is 0.0708. The zero-order chi connectivity index (χ0) is 28.4. The zero-order valence-electron chi connectivity index (χ0n) is 21.7. The highest BCUT2D eigenvalue weighted by Gasteiger charge is 2.72. The number of phenolic OH excluding ortho intramolecular Hbond substituents is 1. The molecule has 0 radical (unpaired) electrons. The third-order valence-electron chi connectivity index (χ3n) is 8.93. The van der Waals surface area contributed by atoms with Crippen LogP contribution in [0.2, 0.25) is 0 Å². The number of nitrogens with one attached hydrogen (secondary N) is 1. The van der Waals surface area contributed by atoms with E-state index in [0.717, 1.165) is 11.1 Å². The standard InChI is InChI=1S/C29H30N2O9/c1-31-12-11-28-22-16-7-8-18(32)24(22)40-25(28)19(9-10-29(28,38)20(31)13-16)39-21(33)14-17(27(36)37)30-26(35)23(34)15-5-3-2-4-6-15/h2-9,17,20,23,25,32,34,38H,10-14H2,1H3,(H,30,35)(H,36,37)/t17-,20?,23-,25-,28-,29+/m0/s1. The van der Waals surface area contributed by atoms with Gasteiger partial charge in [0.1, 0.15) is 11.8 Å². The Bertz CT molecular complexity index is 1430. The van der Waals surface area contributed by atoms with Crippen molar-refractivity contribution in [2.45, 2.75) is 61.0 Å². The number of carbonyl (C=O) groups is 3. The molecule has 1 amide bonds. The van der Waals surface area contributed by atoms with Crippen LogP contribution in [0.3, 0.4) is 0 Å². The Kier molecular flexibility index (Phi) is 6.13. The molecule has 11 nitrogen and oxygen atoms in total. The van der Waals surface area contributed by atoms with E-state index in [1.54, 1.807) is 30.3 Å². The number of carboxylic acids is 1. The fourth-order valence-electron chi connectivity index (χ4n) is 7.01. The number of aliphatic carboxylic acids is 1. The van der Waals surface area contributed by atoms with Gasteiger partial charge in [-0.2, -0.15) is 0 Å². The second kappa shape index (κ2) is 9.33. The molecule has 5 N–H and O–H groups in total. The fraction of sp³-hybridized carbons (Fsp3) is 0.414. The fourth-order valence-corrected chi connectivity index (χ4v) is 7.01. The van der Waals surface area contributed by atoms with Gasteiger partial charge in [0.05, 0.1) is 17.4 Å². The molecule has 2 aliphatic heterocycles. The van der Waals surface area contributed by atoms with E-state index in [0.29, 0.717) is 19.4 Å². The van der Waals surface area contributed by atoms with Gasteiger partial charge < -0.3 is 40.1 Å². The van der Waals surface area contributed by atoms with Crippen LogP contribution in [0.15, 0.2) is 54.3 Å². The van der Waals surface area contributed by atoms with Gasteiger partial charge in [-0.1, -0.05) is 36.4 Å². The third-order valence-corrected chi connectivity index (χ3v) is 8.93. The van der Waals surface area contributed by atoms with Crippen LogP contribution >= 0.6 is 0 Å². The summed E-state index contributed by atoms with van der Waals surface area (Å²) in [4.78, 5) is 39.6. The van der Waals surface area contributed by atoms with Gasteiger partial charge in [0.2, 0.25) is 0 Å². The Morgan fingerprint density at radius 2 is 1.95 bits per heavy atom. The highest BCUT2D eigenvalue weighted by molar-refractivity contribution is 5.89. The molecule has 6 rings (SSSR count). The smallest absolute Gasteiger partial charge is 0.326 e. The first-order valence-electron chi connectivity index (χ1n) is 13.2. The van der Waals surface area contributed by atoms with Crippen molar-refractivity contribution in [2.75, 3.05) is 13.6 Å². The minimum atomic E-state index is -1.66. The summed E-state index contributed by atoms with van der Waals surface area (Å²) in [6, 6.07) is 9.52. The lowest BCUT2D eigenvalue weighted by Gasteiger charge is -2.61. The number of aromatic hydroxyl groups is 1. The van der Waals surface area contributed by atoms with Crippen LogP contribution in [0.4, 0.5) is 0 Å². The lowest BCUT2D eigenvalue weighted by Crippen LogP contribution is -2.74. The van der Waals surface area contributed by atoms with Gasteiger partial charge in [-0.25, -0.2) is 4.79 Å². The number of hydrogen-bond donors (Lipinski definition) is 5. The van der Waals surface area contributed by atoms with Crippen LogP contribution in [-0.2, 0) is 31.0 Å². The van der Waals surface area contributed by atoms with Gasteiger partial charge in [0.25, 0.3) is 5.91 Å². The second-order valence-electron chi connectivity index (χ2n) is 11.0. The van der Waals surface area contributed by atoms with Crippen LogP contribution in [0, 0.1) is 0 Å². The summed E-state index contributed by atoms with van der Waals surface area (Å²) < 4.78 is 11.9. The average Bonchev–Trinajstić information content (AvgIpc) is 3.29. The van der Waals surface area contributed by atoms with Crippen LogP contribution < -0.4 is 10.1 Å². The number of esters is 1. The van der Waals surface area contributed by atoms with Crippen LogP contribution in [-0.4, -0.2) is 80.6 Å². The normalized spacial score (nSPS) is 29.3. The monoisotopic (exact) mass is 550 g/mol. The van der Waals surface area contributed by atoms with E-state index in [-0.39, 0.29) is 35.3 Å². The van der Waals surface area contributed by atoms with E-state index < -0.39 is 53.5 Å². The first-order chi connectivity index (χ1) is 19.1. The predicted molar refractivity (Wildman–Crippen MR) is 138 cm³/mol. The molecule has 2 aromatic carbocycles. The van der Waals surface area contributed by atoms with Crippen molar-refractivity contribution in [3.63, 3.8) is 0 Å². The van der Waals surface area contributed by atoms with Crippen molar-refractivity contribution in [1.29, 1.82) is 0 Å². The number of likely N-dealkylation sites (tertiary alicyclic amines) is 1. The molecule has 2 bridgehead atoms. The molecule has 1 unspecified atom stereocenters. The van der Waals surface area contributed by atoms with E-state index in [4.69, 9.17) is 9.47 Å². The molecule has 2 aliphatic carbocycles. The van der Waals surface area contributed by atoms with Gasteiger partial charge in [-0.15, -0.1) is 0 Å². The quantitative estimate of drug-likeness (QED) is 0.313. The topological polar surface area (TPSA) is 166 Å². The maximum absolute atomic E-state index is 13.0. The van der Waals surface area contributed by atoms with Crippen molar-refractivity contribution in [3.05, 3.63) is 71.0 Å². The van der Waals surface area contributed by atoms with Gasteiger partial charge in [-0.05, 0) is 49.7 Å². The number of ether oxygens (including phenoxy) is 2. The lowest BCUT2D eigenvalue weighted by atomic mass is 9.50. The molecule has 6 atom stereocenters. The van der Waals surface area contributed by atoms with Crippen LogP contribution in [0.25, 0.3) is 0 Å². The van der Waals surface area contributed by atoms with Crippen LogP contribution in [0.1, 0.15) is 42.1 Å². The van der Waals surface area contributed by atoms with E-state index >= 15 is 0 Å². The third kappa shape index (κ3) is 3.72. The lowest BCUT2D eigenvalue weighted by molar-refractivity contribution is -0.169. The molecule has 0 saturated carbocycles. The summed E-state index contributed by atoms with van der Waals surface area (Å²) in [7, 11) is 1.96. The molecule has 11 heteroatoms. The Balaban J connectivity index is 1.24. The van der Waals surface area contributed by atoms with E-state index in [1.165, 1.54) is 12.1 Å². The summed E-state index contributed by atoms with van der Waals surface area (Å²) in [5, 5.41) is 45.0. The predicted octanol–water partition coefficient (Wildman–Crippen LogP) is 0.906. The highest BCUT2D eigenvalue weighted by Crippen LogP contribution is 2.65. The number of rotatable bonds is 7. The summed E-state index contributed by atoms with van der Waals surface area (Å²) in [6.07, 6.45) is -0.413. The van der Waals surface area contributed by atoms with Gasteiger partial charge in [0.15, 0.2) is 23.7 Å². The van der Waals surface area contributed by atoms with Crippen molar-refractivity contribution >= 4 is 17.8 Å². The maximum atomic E-state index is 13.0. The molecule has 0 aromatic heterocycles. The number of nitrogens with zero attached hydrogens (tertiary/aromatic N) is 1. The Labute approximate surface area is 229 Å². The SMILES string of the molecule is CN1CC[C@]23c4c5ccc(O)c4O[C@H]2C(OC(=O)C[C@H](NC(=O)[C@@H](O)c2ccccc2)C(=O)O)=CC[C@@]3(O)C1C5. The molecule has 210 valence electrons. The first-order valence-corrected chi connectivity index (χ1v) is 13.2. The molecule has 2 heterocycles. The van der Waals surface area contributed by atoms with Crippen molar-refractivity contribution in [2.24, 2.45) is 0 Å². The van der Waals surface area contributed by atoms with Crippen molar-refractivity contribution in [1.82, 2.24) is 10.2 Å². The number of hydrogen-bond acceptors (Lipinski definition) is 9. The highest BCUT2D eigenvalue weighted by atomic mass is 16.6. The average molecular weight is 551 g/mol. The first kappa shape index (κ1) is 26.3. The number of benzene rings is 2. The molecule has 1 saturated heterocycles. The number of carboxylic acid groups (broad SMARTS) is 1. The van der Waals surface area contributed by atoms with E-state index in [9.17, 15) is 34.8 Å². The Morgan fingerprint density at radius 3 is 2.67 bits per heavy atom. The summed E-state index contributed by atoms with van der Waals surface area (Å²) in [5.41, 5.74) is -0.240. The molecular weight excluding hydrogens is 520 g/mol. The van der Waals surface area contributed by atoms with Crippen molar-refractivity contribution < 1.29 is 44.3 Å². The van der Waals surface area contributed by atoms with E-state index in [2.05, 4.69) is 10.2 Å². The number of aliphatic hydroxyl groups is 2. The maximum Gasteiger partial charge on any atom is 0.326 e. The van der Waals surface area contributed by atoms with Crippen LogP contribution in [0.5, 0.6) is 11.5 Å². The number of likely N-dealkylation sites (N-methyl/N-ethyl adjacent to an activating group) is 1. The Hall–Kier alpha value is -3.93. The number of phenols is 1. The molecule has 40 heavy (non-hydrogen) atoms. The Morgan fingerprint density at radius 1 is 1.20 bits per heavy atom. The largest absolute Gasteiger partial charge is 0.504 e. The zero-order valence-corrected chi connectivity index (χ0v) is 21.7. The molecule has 1 spiro atoms. The molecule has 2 aromatic rings. The van der Waals surface area contributed by atoms with Gasteiger partial charge in [-0.3, -0.25) is 9.59 Å². The van der Waals surface area contributed by atoms with Gasteiger partial charge >= 0.3 is 11.9 Å².